The Morgan fingerprint density at radius 3 is 2.81 bits per heavy atom. The van der Waals surface area contributed by atoms with Crippen LogP contribution in [0.4, 0.5) is 0 Å². The lowest BCUT2D eigenvalue weighted by Gasteiger charge is -2.28. The van der Waals surface area contributed by atoms with Crippen molar-refractivity contribution in [2.45, 2.75) is 50.6 Å². The summed E-state index contributed by atoms with van der Waals surface area (Å²) in [6.07, 6.45) is 7.12. The van der Waals surface area contributed by atoms with Crippen molar-refractivity contribution in [2.75, 3.05) is 13.1 Å². The summed E-state index contributed by atoms with van der Waals surface area (Å²) in [5.74, 6) is 1.07. The van der Waals surface area contributed by atoms with Crippen LogP contribution in [0.25, 0.3) is 0 Å². The summed E-state index contributed by atoms with van der Waals surface area (Å²) < 4.78 is 0. The second kappa shape index (κ2) is 4.34. The van der Waals surface area contributed by atoms with Crippen molar-refractivity contribution >= 4 is 5.91 Å². The zero-order valence-electron chi connectivity index (χ0n) is 9.74. The second-order valence-corrected chi connectivity index (χ2v) is 5.43. The van der Waals surface area contributed by atoms with E-state index in [0.29, 0.717) is 18.0 Å². The molecule has 2 aliphatic heterocycles. The number of rotatable bonds is 3. The predicted molar refractivity (Wildman–Crippen MR) is 61.6 cm³/mol. The number of carbonyl (C=O) groups is 1. The van der Waals surface area contributed by atoms with Crippen molar-refractivity contribution in [3.63, 3.8) is 0 Å². The van der Waals surface area contributed by atoms with Crippen molar-refractivity contribution < 1.29 is 4.79 Å². The van der Waals surface area contributed by atoms with Gasteiger partial charge >= 0.3 is 0 Å². The van der Waals surface area contributed by atoms with E-state index in [4.69, 9.17) is 0 Å². The topological polar surface area (TPSA) is 44.4 Å². The molecule has 1 aliphatic carbocycles. The molecule has 0 aromatic rings. The molecule has 0 bridgehead atoms. The highest BCUT2D eigenvalue weighted by molar-refractivity contribution is 5.78. The summed E-state index contributed by atoms with van der Waals surface area (Å²) in [6, 6.07) is 0.944. The summed E-state index contributed by atoms with van der Waals surface area (Å²) in [7, 11) is 0. The molecule has 3 fully saturated rings. The number of amides is 1. The van der Waals surface area contributed by atoms with Gasteiger partial charge in [0.1, 0.15) is 0 Å². The molecule has 2 saturated heterocycles. The van der Waals surface area contributed by atoms with Gasteiger partial charge in [-0.2, -0.15) is 0 Å². The number of piperidine rings is 1. The fourth-order valence-corrected chi connectivity index (χ4v) is 2.84. The Hall–Kier alpha value is -0.610. The van der Waals surface area contributed by atoms with Crippen molar-refractivity contribution in [1.82, 2.24) is 15.8 Å². The molecule has 90 valence electrons. The lowest BCUT2D eigenvalue weighted by Crippen LogP contribution is -2.48. The fourth-order valence-electron chi connectivity index (χ4n) is 2.84. The highest BCUT2D eigenvalue weighted by Gasteiger charge is 2.40. The second-order valence-electron chi connectivity index (χ2n) is 5.43. The summed E-state index contributed by atoms with van der Waals surface area (Å²) in [6.45, 7) is 1.96. The molecule has 2 N–H and O–H groups in total. The van der Waals surface area contributed by atoms with E-state index in [9.17, 15) is 4.79 Å². The number of hydrogen-bond acceptors (Lipinski definition) is 3. The SMILES string of the molecule is O=C1CC(C2CC2)NN1CC1CCCCN1. The first-order valence-corrected chi connectivity index (χ1v) is 6.63. The van der Waals surface area contributed by atoms with Crippen molar-refractivity contribution in [3.8, 4) is 0 Å². The van der Waals surface area contributed by atoms with E-state index in [-0.39, 0.29) is 0 Å². The van der Waals surface area contributed by atoms with Gasteiger partial charge in [0.2, 0.25) is 5.91 Å². The van der Waals surface area contributed by atoms with Crippen LogP contribution in [-0.2, 0) is 4.79 Å². The maximum absolute atomic E-state index is 11.8. The number of nitrogens with zero attached hydrogens (tertiary/aromatic N) is 1. The monoisotopic (exact) mass is 223 g/mol. The van der Waals surface area contributed by atoms with E-state index in [0.717, 1.165) is 25.4 Å². The minimum atomic E-state index is 0.296. The molecule has 4 heteroatoms. The van der Waals surface area contributed by atoms with E-state index in [1.165, 1.54) is 32.1 Å². The molecule has 0 aromatic carbocycles. The smallest absolute Gasteiger partial charge is 0.238 e. The Balaban J connectivity index is 1.51. The first kappa shape index (κ1) is 10.5. The van der Waals surface area contributed by atoms with Crippen LogP contribution in [0.3, 0.4) is 0 Å². The van der Waals surface area contributed by atoms with Gasteiger partial charge in [0.15, 0.2) is 0 Å². The molecule has 2 heterocycles. The lowest BCUT2D eigenvalue weighted by molar-refractivity contribution is -0.129. The van der Waals surface area contributed by atoms with Gasteiger partial charge in [-0.15, -0.1) is 0 Å². The van der Waals surface area contributed by atoms with Crippen molar-refractivity contribution in [2.24, 2.45) is 5.92 Å². The number of carbonyl (C=O) groups excluding carboxylic acids is 1. The quantitative estimate of drug-likeness (QED) is 0.738. The third kappa shape index (κ3) is 2.23. The molecule has 16 heavy (non-hydrogen) atoms. The molecular weight excluding hydrogens is 202 g/mol. The molecule has 2 atom stereocenters. The molecule has 0 aromatic heterocycles. The van der Waals surface area contributed by atoms with Crippen LogP contribution >= 0.6 is 0 Å². The van der Waals surface area contributed by atoms with Crippen LogP contribution in [0.15, 0.2) is 0 Å². The molecule has 4 nitrogen and oxygen atoms in total. The van der Waals surface area contributed by atoms with Gasteiger partial charge in [-0.25, -0.2) is 5.43 Å². The van der Waals surface area contributed by atoms with Crippen molar-refractivity contribution in [3.05, 3.63) is 0 Å². The van der Waals surface area contributed by atoms with Crippen LogP contribution in [-0.4, -0.2) is 36.1 Å². The molecule has 2 unspecified atom stereocenters. The minimum absolute atomic E-state index is 0.296. The zero-order valence-corrected chi connectivity index (χ0v) is 9.74. The largest absolute Gasteiger partial charge is 0.312 e. The average Bonchev–Trinajstić information content (AvgIpc) is 3.07. The summed E-state index contributed by atoms with van der Waals surface area (Å²) in [5, 5.41) is 5.36. The highest BCUT2D eigenvalue weighted by atomic mass is 16.2. The standard InChI is InChI=1S/C12H21N3O/c16-12-7-11(9-4-5-9)14-15(12)8-10-3-1-2-6-13-10/h9-11,13-14H,1-8H2. The Labute approximate surface area is 96.7 Å². The van der Waals surface area contributed by atoms with Gasteiger partial charge < -0.3 is 5.32 Å². The predicted octanol–water partition coefficient (Wildman–Crippen LogP) is 0.644. The highest BCUT2D eigenvalue weighted by Crippen LogP contribution is 2.36. The molecular formula is C12H21N3O. The van der Waals surface area contributed by atoms with Crippen LogP contribution < -0.4 is 10.7 Å². The number of hydrogen-bond donors (Lipinski definition) is 2. The molecule has 0 spiro atoms. The van der Waals surface area contributed by atoms with Gasteiger partial charge in [0, 0.05) is 18.5 Å². The summed E-state index contributed by atoms with van der Waals surface area (Å²) in [4.78, 5) is 11.8. The third-order valence-corrected chi connectivity index (χ3v) is 4.02. The summed E-state index contributed by atoms with van der Waals surface area (Å²) in [5.41, 5.74) is 3.39. The van der Waals surface area contributed by atoms with Gasteiger partial charge in [-0.05, 0) is 38.1 Å². The maximum Gasteiger partial charge on any atom is 0.238 e. The first-order chi connectivity index (χ1) is 7.83. The normalized spacial score (nSPS) is 35.8. The lowest BCUT2D eigenvalue weighted by atomic mass is 10.1. The van der Waals surface area contributed by atoms with Gasteiger partial charge in [0.25, 0.3) is 0 Å². The van der Waals surface area contributed by atoms with Crippen molar-refractivity contribution in [1.29, 1.82) is 0 Å². The first-order valence-electron chi connectivity index (χ1n) is 6.63. The van der Waals surface area contributed by atoms with Gasteiger partial charge in [-0.1, -0.05) is 6.42 Å². The third-order valence-electron chi connectivity index (χ3n) is 4.02. The van der Waals surface area contributed by atoms with Gasteiger partial charge in [-0.3, -0.25) is 9.80 Å². The van der Waals surface area contributed by atoms with E-state index >= 15 is 0 Å². The minimum Gasteiger partial charge on any atom is -0.312 e. The Kier molecular flexibility index (Phi) is 2.86. The molecule has 3 rings (SSSR count). The van der Waals surface area contributed by atoms with Gasteiger partial charge in [0.05, 0.1) is 6.54 Å². The van der Waals surface area contributed by atoms with Crippen LogP contribution in [0.5, 0.6) is 0 Å². The van der Waals surface area contributed by atoms with Crippen LogP contribution in [0.1, 0.15) is 38.5 Å². The Morgan fingerprint density at radius 2 is 2.12 bits per heavy atom. The average molecular weight is 223 g/mol. The molecule has 1 saturated carbocycles. The van der Waals surface area contributed by atoms with E-state index in [1.54, 1.807) is 0 Å². The van der Waals surface area contributed by atoms with E-state index in [1.807, 2.05) is 5.01 Å². The van der Waals surface area contributed by atoms with E-state index in [2.05, 4.69) is 10.7 Å². The summed E-state index contributed by atoms with van der Waals surface area (Å²) >= 11 is 0. The fraction of sp³-hybridized carbons (Fsp3) is 0.917. The molecule has 1 amide bonds. The number of nitrogens with one attached hydrogen (secondary N) is 2. The van der Waals surface area contributed by atoms with Crippen LogP contribution in [0.2, 0.25) is 0 Å². The van der Waals surface area contributed by atoms with Crippen LogP contribution in [0, 0.1) is 5.92 Å². The van der Waals surface area contributed by atoms with E-state index < -0.39 is 0 Å². The molecule has 3 aliphatic rings. The zero-order chi connectivity index (χ0) is 11.0. The maximum atomic E-state index is 11.8. The Bertz CT molecular complexity index is 271. The Morgan fingerprint density at radius 1 is 1.25 bits per heavy atom. The molecule has 0 radical (unpaired) electrons. The number of hydrazine groups is 1.